The second-order valence-electron chi connectivity index (χ2n) is 9.61. The lowest BCUT2D eigenvalue weighted by Gasteiger charge is -2.38. The Bertz CT molecular complexity index is 795. The molecule has 1 aromatic rings. The van der Waals surface area contributed by atoms with Crippen molar-refractivity contribution < 1.29 is 32.6 Å². The van der Waals surface area contributed by atoms with Crippen molar-refractivity contribution in [3.8, 4) is 0 Å². The number of likely N-dealkylation sites (tertiary alicyclic amines) is 2. The maximum atomic E-state index is 12.6. The number of benzene rings is 1. The van der Waals surface area contributed by atoms with Gasteiger partial charge in [0.15, 0.2) is 0 Å². The SMILES string of the molecule is CC1CCCN(CC2CC3(CCN(C(=O)c4ccccc4)CC3)CO2)C1.O=C(O)C(F)(F)F. The smallest absolute Gasteiger partial charge is 0.475 e. The predicted molar refractivity (Wildman–Crippen MR) is 117 cm³/mol. The summed E-state index contributed by atoms with van der Waals surface area (Å²) in [5.41, 5.74) is 1.11. The quantitative estimate of drug-likeness (QED) is 0.722. The lowest BCUT2D eigenvalue weighted by Crippen LogP contribution is -2.44. The van der Waals surface area contributed by atoms with Crippen molar-refractivity contribution in [3.05, 3.63) is 35.9 Å². The van der Waals surface area contributed by atoms with Crippen LogP contribution < -0.4 is 0 Å². The number of alkyl halides is 3. The zero-order chi connectivity index (χ0) is 24.1. The van der Waals surface area contributed by atoms with Gasteiger partial charge in [-0.05, 0) is 62.1 Å². The molecule has 3 aliphatic heterocycles. The summed E-state index contributed by atoms with van der Waals surface area (Å²) in [5.74, 6) is -1.75. The van der Waals surface area contributed by atoms with Crippen molar-refractivity contribution >= 4 is 11.9 Å². The van der Waals surface area contributed by atoms with Crippen LogP contribution in [0.3, 0.4) is 0 Å². The van der Waals surface area contributed by atoms with Crippen molar-refractivity contribution in [2.75, 3.05) is 39.3 Å². The van der Waals surface area contributed by atoms with E-state index in [-0.39, 0.29) is 5.91 Å². The Morgan fingerprint density at radius 3 is 2.36 bits per heavy atom. The zero-order valence-electron chi connectivity index (χ0n) is 19.0. The third-order valence-electron chi connectivity index (χ3n) is 6.86. The maximum Gasteiger partial charge on any atom is 0.490 e. The second kappa shape index (κ2) is 10.9. The first kappa shape index (κ1) is 25.5. The molecule has 3 fully saturated rings. The molecule has 33 heavy (non-hydrogen) atoms. The number of carboxylic acid groups (broad SMARTS) is 1. The normalized spacial score (nSPS) is 25.4. The van der Waals surface area contributed by atoms with E-state index >= 15 is 0 Å². The fourth-order valence-corrected chi connectivity index (χ4v) is 5.05. The maximum absolute atomic E-state index is 12.6. The van der Waals surface area contributed by atoms with Crippen molar-refractivity contribution in [2.45, 2.75) is 51.3 Å². The number of hydrogen-bond acceptors (Lipinski definition) is 4. The number of rotatable bonds is 3. The van der Waals surface area contributed by atoms with E-state index < -0.39 is 12.1 Å². The van der Waals surface area contributed by atoms with Crippen LogP contribution in [0.1, 0.15) is 49.4 Å². The fourth-order valence-electron chi connectivity index (χ4n) is 5.05. The molecule has 0 radical (unpaired) electrons. The van der Waals surface area contributed by atoms with Crippen LogP contribution in [0.2, 0.25) is 0 Å². The number of halogens is 3. The highest BCUT2D eigenvalue weighted by Gasteiger charge is 2.43. The average molecular weight is 471 g/mol. The molecule has 1 N–H and O–H groups in total. The summed E-state index contributed by atoms with van der Waals surface area (Å²) in [6.07, 6.45) is 1.34. The van der Waals surface area contributed by atoms with E-state index in [2.05, 4.69) is 11.8 Å². The highest BCUT2D eigenvalue weighted by molar-refractivity contribution is 5.94. The summed E-state index contributed by atoms with van der Waals surface area (Å²) >= 11 is 0. The third-order valence-corrected chi connectivity index (χ3v) is 6.86. The average Bonchev–Trinajstić information content (AvgIpc) is 3.16. The topological polar surface area (TPSA) is 70.1 Å². The lowest BCUT2D eigenvalue weighted by molar-refractivity contribution is -0.192. The molecule has 1 aromatic carbocycles. The molecule has 0 aromatic heterocycles. The first-order valence-corrected chi connectivity index (χ1v) is 11.6. The van der Waals surface area contributed by atoms with Crippen LogP contribution >= 0.6 is 0 Å². The van der Waals surface area contributed by atoms with Crippen LogP contribution in [-0.4, -0.2) is 78.4 Å². The van der Waals surface area contributed by atoms with Crippen LogP contribution in [0.15, 0.2) is 30.3 Å². The molecule has 2 unspecified atom stereocenters. The summed E-state index contributed by atoms with van der Waals surface area (Å²) < 4.78 is 38.0. The minimum atomic E-state index is -5.08. The Labute approximate surface area is 192 Å². The molecule has 1 spiro atoms. The summed E-state index contributed by atoms with van der Waals surface area (Å²) in [6, 6.07) is 9.67. The van der Waals surface area contributed by atoms with Gasteiger partial charge in [-0.25, -0.2) is 4.79 Å². The molecule has 3 aliphatic rings. The molecule has 9 heteroatoms. The van der Waals surface area contributed by atoms with Gasteiger partial charge in [0.2, 0.25) is 0 Å². The van der Waals surface area contributed by atoms with Crippen LogP contribution in [0.25, 0.3) is 0 Å². The molecule has 0 aliphatic carbocycles. The van der Waals surface area contributed by atoms with Crippen molar-refractivity contribution in [2.24, 2.45) is 11.3 Å². The van der Waals surface area contributed by atoms with Gasteiger partial charge in [-0.2, -0.15) is 13.2 Å². The largest absolute Gasteiger partial charge is 0.490 e. The third kappa shape index (κ3) is 7.17. The van der Waals surface area contributed by atoms with E-state index in [1.807, 2.05) is 35.2 Å². The van der Waals surface area contributed by atoms with E-state index in [4.69, 9.17) is 14.6 Å². The van der Waals surface area contributed by atoms with E-state index in [0.717, 1.165) is 50.6 Å². The molecule has 0 saturated carbocycles. The van der Waals surface area contributed by atoms with Crippen LogP contribution in [0, 0.1) is 11.3 Å². The van der Waals surface area contributed by atoms with Gasteiger partial charge in [0.25, 0.3) is 5.91 Å². The van der Waals surface area contributed by atoms with Gasteiger partial charge >= 0.3 is 12.1 Å². The number of amides is 1. The number of carboxylic acids is 1. The lowest BCUT2D eigenvalue weighted by atomic mass is 9.76. The molecule has 2 atom stereocenters. The van der Waals surface area contributed by atoms with Gasteiger partial charge in [-0.15, -0.1) is 0 Å². The zero-order valence-corrected chi connectivity index (χ0v) is 19.0. The van der Waals surface area contributed by atoms with Crippen molar-refractivity contribution in [3.63, 3.8) is 0 Å². The molecule has 1 amide bonds. The predicted octanol–water partition coefficient (Wildman–Crippen LogP) is 4.06. The Kier molecular flexibility index (Phi) is 8.39. The van der Waals surface area contributed by atoms with E-state index in [1.165, 1.54) is 32.4 Å². The van der Waals surface area contributed by atoms with E-state index in [0.29, 0.717) is 11.5 Å². The standard InChI is InChI=1S/C22H32N2O2.C2HF3O2/c1-18-6-5-11-23(15-18)16-20-14-22(17-26-20)9-12-24(13-10-22)21(25)19-7-3-2-4-8-19;3-2(4,5)1(6)7/h2-4,7-8,18,20H,5-6,9-17H2,1H3;(H,6,7). The van der Waals surface area contributed by atoms with Crippen molar-refractivity contribution in [1.29, 1.82) is 0 Å². The van der Waals surface area contributed by atoms with Gasteiger partial charge < -0.3 is 19.6 Å². The number of hydrogen-bond donors (Lipinski definition) is 1. The molecule has 6 nitrogen and oxygen atoms in total. The summed E-state index contributed by atoms with van der Waals surface area (Å²) in [7, 11) is 0. The number of ether oxygens (including phenoxy) is 1. The van der Waals surface area contributed by atoms with Gasteiger partial charge in [0, 0.05) is 31.7 Å². The Balaban J connectivity index is 0.000000383. The first-order valence-electron chi connectivity index (χ1n) is 11.6. The number of carbonyl (C=O) groups is 2. The van der Waals surface area contributed by atoms with Crippen LogP contribution in [0.5, 0.6) is 0 Å². The minimum absolute atomic E-state index is 0.179. The summed E-state index contributed by atoms with van der Waals surface area (Å²) in [6.45, 7) is 8.54. The Morgan fingerprint density at radius 2 is 1.79 bits per heavy atom. The number of piperidine rings is 2. The fraction of sp³-hybridized carbons (Fsp3) is 0.667. The minimum Gasteiger partial charge on any atom is -0.475 e. The highest BCUT2D eigenvalue weighted by atomic mass is 19.4. The van der Waals surface area contributed by atoms with Gasteiger partial charge in [0.1, 0.15) is 0 Å². The molecule has 4 rings (SSSR count). The highest BCUT2D eigenvalue weighted by Crippen LogP contribution is 2.42. The van der Waals surface area contributed by atoms with Gasteiger partial charge in [-0.3, -0.25) is 4.79 Å². The van der Waals surface area contributed by atoms with Crippen molar-refractivity contribution in [1.82, 2.24) is 9.80 Å². The number of aliphatic carboxylic acids is 1. The second-order valence-corrected chi connectivity index (χ2v) is 9.61. The van der Waals surface area contributed by atoms with Gasteiger partial charge in [-0.1, -0.05) is 25.1 Å². The molecule has 3 saturated heterocycles. The van der Waals surface area contributed by atoms with Crippen LogP contribution in [-0.2, 0) is 9.53 Å². The molecule has 0 bridgehead atoms. The molecular weight excluding hydrogens is 437 g/mol. The number of nitrogens with zero attached hydrogens (tertiary/aromatic N) is 2. The molecular formula is C24H33F3N2O4. The summed E-state index contributed by atoms with van der Waals surface area (Å²) in [5, 5.41) is 7.12. The van der Waals surface area contributed by atoms with Gasteiger partial charge in [0.05, 0.1) is 12.7 Å². The Hall–Kier alpha value is -2.13. The first-order chi connectivity index (χ1) is 15.6. The summed E-state index contributed by atoms with van der Waals surface area (Å²) in [4.78, 5) is 26.2. The Morgan fingerprint density at radius 1 is 1.15 bits per heavy atom. The van der Waals surface area contributed by atoms with E-state index in [1.54, 1.807) is 0 Å². The monoisotopic (exact) mass is 470 g/mol. The van der Waals surface area contributed by atoms with Crippen LogP contribution in [0.4, 0.5) is 13.2 Å². The molecule has 3 heterocycles. The molecule has 184 valence electrons. The number of carbonyl (C=O) groups excluding carboxylic acids is 1. The van der Waals surface area contributed by atoms with E-state index in [9.17, 15) is 18.0 Å².